The van der Waals surface area contributed by atoms with Crippen LogP contribution < -0.4 is 5.32 Å². The minimum atomic E-state index is 0.0198. The maximum absolute atomic E-state index is 12.0. The molecule has 0 saturated heterocycles. The quantitative estimate of drug-likeness (QED) is 0.760. The molecule has 3 rings (SSSR count). The molecule has 0 unspecified atom stereocenters. The van der Waals surface area contributed by atoms with E-state index in [9.17, 15) is 4.79 Å². The van der Waals surface area contributed by atoms with Crippen molar-refractivity contribution in [2.75, 3.05) is 6.54 Å². The molecule has 4 heteroatoms. The Kier molecular flexibility index (Phi) is 5.30. The van der Waals surface area contributed by atoms with Gasteiger partial charge in [-0.1, -0.05) is 54.6 Å². The molecular formula is C20H19N3O. The lowest BCUT2D eigenvalue weighted by atomic mass is 10.0. The predicted octanol–water partition coefficient (Wildman–Crippen LogP) is 3.05. The fraction of sp³-hybridized carbons (Fsp3) is 0.150. The van der Waals surface area contributed by atoms with Crippen molar-refractivity contribution in [1.82, 2.24) is 15.3 Å². The van der Waals surface area contributed by atoms with Gasteiger partial charge in [-0.15, -0.1) is 0 Å². The van der Waals surface area contributed by atoms with E-state index in [1.54, 1.807) is 18.6 Å². The molecule has 0 atom stereocenters. The van der Waals surface area contributed by atoms with E-state index in [0.29, 0.717) is 19.4 Å². The summed E-state index contributed by atoms with van der Waals surface area (Å²) < 4.78 is 0. The van der Waals surface area contributed by atoms with Gasteiger partial charge in [0.05, 0.1) is 12.1 Å². The van der Waals surface area contributed by atoms with Gasteiger partial charge in [-0.05, 0) is 16.7 Å². The van der Waals surface area contributed by atoms with Crippen molar-refractivity contribution < 1.29 is 4.79 Å². The van der Waals surface area contributed by atoms with Crippen LogP contribution in [-0.4, -0.2) is 22.4 Å². The molecule has 1 aromatic heterocycles. The van der Waals surface area contributed by atoms with Gasteiger partial charge in [0.15, 0.2) is 0 Å². The molecular weight excluding hydrogens is 298 g/mol. The summed E-state index contributed by atoms with van der Waals surface area (Å²) in [5.74, 6) is 0.0198. The maximum atomic E-state index is 12.0. The summed E-state index contributed by atoms with van der Waals surface area (Å²) in [5.41, 5.74) is 4.22. The first-order valence-corrected chi connectivity index (χ1v) is 7.97. The van der Waals surface area contributed by atoms with Gasteiger partial charge in [-0.25, -0.2) is 0 Å². The molecule has 1 N–H and O–H groups in total. The molecule has 1 amide bonds. The van der Waals surface area contributed by atoms with Crippen LogP contribution in [0.3, 0.4) is 0 Å². The third-order valence-electron chi connectivity index (χ3n) is 3.75. The van der Waals surface area contributed by atoms with Crippen molar-refractivity contribution in [2.24, 2.45) is 0 Å². The van der Waals surface area contributed by atoms with Crippen LogP contribution in [0.1, 0.15) is 11.3 Å². The molecule has 0 fully saturated rings. The molecule has 0 aliphatic rings. The van der Waals surface area contributed by atoms with Crippen LogP contribution in [0.25, 0.3) is 11.1 Å². The molecule has 0 radical (unpaired) electrons. The standard InChI is InChI=1S/C20H19N3O/c24-20(23-11-10-19-15-21-12-13-22-19)14-16-6-8-18(9-7-16)17-4-2-1-3-5-17/h1-9,12-13,15H,10-11,14H2,(H,23,24). The fourth-order valence-corrected chi connectivity index (χ4v) is 2.48. The minimum absolute atomic E-state index is 0.0198. The molecule has 0 saturated carbocycles. The number of amides is 1. The van der Waals surface area contributed by atoms with Gasteiger partial charge in [0.2, 0.25) is 5.91 Å². The number of aromatic nitrogens is 2. The van der Waals surface area contributed by atoms with Crippen LogP contribution in [0, 0.1) is 0 Å². The van der Waals surface area contributed by atoms with E-state index < -0.39 is 0 Å². The van der Waals surface area contributed by atoms with Gasteiger partial charge in [0.25, 0.3) is 0 Å². The number of hydrogen-bond donors (Lipinski definition) is 1. The lowest BCUT2D eigenvalue weighted by Crippen LogP contribution is -2.27. The number of benzene rings is 2. The highest BCUT2D eigenvalue weighted by Gasteiger charge is 2.04. The molecule has 4 nitrogen and oxygen atoms in total. The summed E-state index contributed by atoms with van der Waals surface area (Å²) >= 11 is 0. The zero-order chi connectivity index (χ0) is 16.6. The summed E-state index contributed by atoms with van der Waals surface area (Å²) in [5, 5.41) is 2.92. The number of carbonyl (C=O) groups is 1. The van der Waals surface area contributed by atoms with Crippen LogP contribution in [0.2, 0.25) is 0 Å². The molecule has 1 heterocycles. The van der Waals surface area contributed by atoms with Crippen molar-refractivity contribution >= 4 is 5.91 Å². The highest BCUT2D eigenvalue weighted by atomic mass is 16.1. The molecule has 0 bridgehead atoms. The molecule has 3 aromatic rings. The van der Waals surface area contributed by atoms with Crippen LogP contribution in [0.15, 0.2) is 73.2 Å². The van der Waals surface area contributed by atoms with Crippen LogP contribution in [0.4, 0.5) is 0 Å². The highest BCUT2D eigenvalue weighted by Crippen LogP contribution is 2.19. The van der Waals surface area contributed by atoms with Gasteiger partial charge in [-0.2, -0.15) is 0 Å². The molecule has 0 spiro atoms. The molecule has 0 aliphatic heterocycles. The second kappa shape index (κ2) is 8.02. The number of hydrogen-bond acceptors (Lipinski definition) is 3. The third kappa shape index (κ3) is 4.49. The van der Waals surface area contributed by atoms with Gasteiger partial charge >= 0.3 is 0 Å². The molecule has 2 aromatic carbocycles. The summed E-state index contributed by atoms with van der Waals surface area (Å²) in [4.78, 5) is 20.2. The van der Waals surface area contributed by atoms with Gasteiger partial charge < -0.3 is 5.32 Å². The Balaban J connectivity index is 1.49. The smallest absolute Gasteiger partial charge is 0.224 e. The van der Waals surface area contributed by atoms with E-state index in [1.165, 1.54) is 5.56 Å². The van der Waals surface area contributed by atoms with E-state index in [-0.39, 0.29) is 5.91 Å². The van der Waals surface area contributed by atoms with Crippen molar-refractivity contribution in [3.63, 3.8) is 0 Å². The van der Waals surface area contributed by atoms with E-state index in [2.05, 4.69) is 39.6 Å². The maximum Gasteiger partial charge on any atom is 0.224 e. The summed E-state index contributed by atoms with van der Waals surface area (Å²) in [6.45, 7) is 0.569. The Bertz CT molecular complexity index is 771. The third-order valence-corrected chi connectivity index (χ3v) is 3.75. The zero-order valence-corrected chi connectivity index (χ0v) is 13.4. The highest BCUT2D eigenvalue weighted by molar-refractivity contribution is 5.78. The monoisotopic (exact) mass is 317 g/mol. The summed E-state index contributed by atoms with van der Waals surface area (Å²) in [7, 11) is 0. The lowest BCUT2D eigenvalue weighted by molar-refractivity contribution is -0.120. The Morgan fingerprint density at radius 1 is 0.917 bits per heavy atom. The fourth-order valence-electron chi connectivity index (χ4n) is 2.48. The van der Waals surface area contributed by atoms with Crippen molar-refractivity contribution in [3.8, 4) is 11.1 Å². The first kappa shape index (κ1) is 15.9. The van der Waals surface area contributed by atoms with E-state index in [4.69, 9.17) is 0 Å². The van der Waals surface area contributed by atoms with Gasteiger partial charge in [0.1, 0.15) is 0 Å². The second-order valence-electron chi connectivity index (χ2n) is 5.54. The predicted molar refractivity (Wildman–Crippen MR) is 94.3 cm³/mol. The largest absolute Gasteiger partial charge is 0.355 e. The van der Waals surface area contributed by atoms with E-state index in [1.807, 2.05) is 30.3 Å². The molecule has 24 heavy (non-hydrogen) atoms. The van der Waals surface area contributed by atoms with E-state index >= 15 is 0 Å². The number of nitrogens with zero attached hydrogens (tertiary/aromatic N) is 2. The Morgan fingerprint density at radius 3 is 2.38 bits per heavy atom. The average molecular weight is 317 g/mol. The second-order valence-corrected chi connectivity index (χ2v) is 5.54. The Hall–Kier alpha value is -3.01. The summed E-state index contributed by atoms with van der Waals surface area (Å²) in [6, 6.07) is 18.3. The lowest BCUT2D eigenvalue weighted by Gasteiger charge is -2.06. The van der Waals surface area contributed by atoms with Crippen molar-refractivity contribution in [2.45, 2.75) is 12.8 Å². The van der Waals surface area contributed by atoms with Gasteiger partial charge in [-0.3, -0.25) is 14.8 Å². The number of carbonyl (C=O) groups excluding carboxylic acids is 1. The molecule has 0 aliphatic carbocycles. The Labute approximate surface area is 141 Å². The van der Waals surface area contributed by atoms with Crippen LogP contribution in [-0.2, 0) is 17.6 Å². The average Bonchev–Trinajstić information content (AvgIpc) is 2.64. The van der Waals surface area contributed by atoms with Crippen molar-refractivity contribution in [1.29, 1.82) is 0 Å². The van der Waals surface area contributed by atoms with E-state index in [0.717, 1.165) is 16.8 Å². The SMILES string of the molecule is O=C(Cc1ccc(-c2ccccc2)cc1)NCCc1cnccn1. The van der Waals surface area contributed by atoms with Crippen LogP contribution >= 0.6 is 0 Å². The van der Waals surface area contributed by atoms with Crippen LogP contribution in [0.5, 0.6) is 0 Å². The number of rotatable bonds is 6. The van der Waals surface area contributed by atoms with Gasteiger partial charge in [0, 0.05) is 31.6 Å². The minimum Gasteiger partial charge on any atom is -0.355 e. The van der Waals surface area contributed by atoms with Crippen molar-refractivity contribution in [3.05, 3.63) is 84.4 Å². The number of nitrogens with one attached hydrogen (secondary N) is 1. The normalized spacial score (nSPS) is 10.3. The first-order valence-electron chi connectivity index (χ1n) is 7.97. The topological polar surface area (TPSA) is 54.9 Å². The Morgan fingerprint density at radius 2 is 1.67 bits per heavy atom. The molecule has 120 valence electrons. The summed E-state index contributed by atoms with van der Waals surface area (Å²) in [6.07, 6.45) is 6.09. The first-order chi connectivity index (χ1) is 11.8. The zero-order valence-electron chi connectivity index (χ0n) is 13.4.